The van der Waals surface area contributed by atoms with E-state index in [0.717, 1.165) is 0 Å². The first-order valence-corrected chi connectivity index (χ1v) is 6.61. The number of carbonyl (C=O) groups excluding carboxylic acids is 1. The second kappa shape index (κ2) is 5.08. The van der Waals surface area contributed by atoms with Gasteiger partial charge in [0.1, 0.15) is 10.1 Å². The highest BCUT2D eigenvalue weighted by Crippen LogP contribution is 2.35. The molecule has 0 amide bonds. The van der Waals surface area contributed by atoms with E-state index in [2.05, 4.69) is 27.7 Å². The lowest BCUT2D eigenvalue weighted by Gasteiger charge is -2.28. The van der Waals surface area contributed by atoms with Crippen LogP contribution in [-0.4, -0.2) is 22.0 Å². The van der Waals surface area contributed by atoms with E-state index in [1.807, 2.05) is 0 Å². The third-order valence-corrected chi connectivity index (χ3v) is 4.94. The van der Waals surface area contributed by atoms with Gasteiger partial charge < -0.3 is 9.16 Å². The topological polar surface area (TPSA) is 35.5 Å². The zero-order chi connectivity index (χ0) is 12.5. The van der Waals surface area contributed by atoms with Gasteiger partial charge in [0.15, 0.2) is 0 Å². The molecule has 0 aliphatic carbocycles. The summed E-state index contributed by atoms with van der Waals surface area (Å²) in [6.07, 6.45) is -0.835. The van der Waals surface area contributed by atoms with Crippen molar-refractivity contribution in [3.8, 4) is 0 Å². The van der Waals surface area contributed by atoms with E-state index in [0.29, 0.717) is 5.92 Å². The molecule has 0 aromatic rings. The van der Waals surface area contributed by atoms with Gasteiger partial charge in [-0.25, -0.2) is 4.79 Å². The first-order chi connectivity index (χ1) is 7.25. The van der Waals surface area contributed by atoms with Gasteiger partial charge in [-0.15, -0.1) is 0 Å². The first-order valence-electron chi connectivity index (χ1n) is 4.94. The van der Waals surface area contributed by atoms with Gasteiger partial charge in [-0.1, -0.05) is 50.9 Å². The van der Waals surface area contributed by atoms with Gasteiger partial charge in [-0.05, 0) is 11.0 Å². The molecule has 1 aliphatic heterocycles. The van der Waals surface area contributed by atoms with E-state index in [1.54, 1.807) is 0 Å². The molecule has 0 saturated heterocycles. The molecule has 2 radical (unpaired) electrons. The number of esters is 1. The van der Waals surface area contributed by atoms with Crippen LogP contribution in [-0.2, 0) is 14.0 Å². The molecule has 0 aromatic heterocycles. The van der Waals surface area contributed by atoms with Crippen LogP contribution in [0.1, 0.15) is 27.7 Å². The third-order valence-electron chi connectivity index (χ3n) is 2.68. The van der Waals surface area contributed by atoms with E-state index in [9.17, 15) is 4.79 Å². The second-order valence-corrected chi connectivity index (χ2v) is 7.01. The molecule has 0 bridgehead atoms. The van der Waals surface area contributed by atoms with Crippen LogP contribution >= 0.6 is 23.2 Å². The fraction of sp³-hybridized carbons (Fsp3) is 0.700. The van der Waals surface area contributed by atoms with Crippen molar-refractivity contribution in [2.45, 2.75) is 39.0 Å². The molecule has 0 spiro atoms. The molecule has 0 N–H and O–H groups in total. The maximum Gasteiger partial charge on any atom is 0.353 e. The lowest BCUT2D eigenvalue weighted by Crippen LogP contribution is -2.27. The number of hydrogen-bond acceptors (Lipinski definition) is 3. The Kier molecular flexibility index (Phi) is 4.46. The zero-order valence-corrected chi connectivity index (χ0v) is 12.1. The van der Waals surface area contributed by atoms with E-state index >= 15 is 0 Å². The fourth-order valence-corrected chi connectivity index (χ4v) is 1.99. The van der Waals surface area contributed by atoms with Crippen molar-refractivity contribution in [1.82, 2.24) is 0 Å². The van der Waals surface area contributed by atoms with Crippen molar-refractivity contribution in [1.29, 1.82) is 0 Å². The molecule has 0 fully saturated rings. The van der Waals surface area contributed by atoms with Crippen LogP contribution in [0.4, 0.5) is 0 Å². The summed E-state index contributed by atoms with van der Waals surface area (Å²) in [6, 6.07) is 0. The van der Waals surface area contributed by atoms with Gasteiger partial charge in [-0.2, -0.15) is 0 Å². The summed E-state index contributed by atoms with van der Waals surface area (Å²) in [5.74, 6) is -0.162. The minimum atomic E-state index is -0.835. The molecule has 1 atom stereocenters. The Morgan fingerprint density at radius 1 is 1.44 bits per heavy atom. The minimum absolute atomic E-state index is 0.0125. The summed E-state index contributed by atoms with van der Waals surface area (Å²) >= 11 is 11.4. The van der Waals surface area contributed by atoms with Crippen molar-refractivity contribution in [2.75, 3.05) is 0 Å². The summed E-state index contributed by atoms with van der Waals surface area (Å²) in [5, 5.41) is 0.0658. The Hall–Kier alpha value is -0.0331. The number of ether oxygens (including phenoxy) is 1. The normalized spacial score (nSPS) is 21.9. The lowest BCUT2D eigenvalue weighted by molar-refractivity contribution is -0.148. The fourth-order valence-electron chi connectivity index (χ4n) is 0.801. The summed E-state index contributed by atoms with van der Waals surface area (Å²) in [7, 11) is 0.184. The number of rotatable bonds is 4. The van der Waals surface area contributed by atoms with Gasteiger partial charge >= 0.3 is 5.97 Å². The zero-order valence-electron chi connectivity index (χ0n) is 9.64. The smallest absolute Gasteiger partial charge is 0.353 e. The molecule has 1 aliphatic rings. The van der Waals surface area contributed by atoms with Gasteiger partial charge in [0, 0.05) is 0 Å². The standard InChI is InChI=1S/C10H14Cl2O3Si/c1-5(2)10(3,4)16-15-9-7(12)6(11)8(13)14-9/h5,9H,1-4H3. The van der Waals surface area contributed by atoms with Crippen molar-refractivity contribution in [3.05, 3.63) is 10.1 Å². The van der Waals surface area contributed by atoms with Crippen LogP contribution in [0.5, 0.6) is 0 Å². The summed E-state index contributed by atoms with van der Waals surface area (Å²) < 4.78 is 10.4. The predicted molar refractivity (Wildman–Crippen MR) is 64.3 cm³/mol. The maximum atomic E-state index is 11.1. The largest absolute Gasteiger partial charge is 0.427 e. The number of halogens is 2. The average Bonchev–Trinajstić information content (AvgIpc) is 2.43. The van der Waals surface area contributed by atoms with Gasteiger partial charge in [0.25, 0.3) is 0 Å². The molecule has 6 heteroatoms. The molecule has 0 aromatic carbocycles. The second-order valence-electron chi connectivity index (χ2n) is 4.50. The Morgan fingerprint density at radius 2 is 2.00 bits per heavy atom. The highest BCUT2D eigenvalue weighted by atomic mass is 35.5. The van der Waals surface area contributed by atoms with Gasteiger partial charge in [-0.3, -0.25) is 0 Å². The Bertz CT molecular complexity index is 326. The van der Waals surface area contributed by atoms with E-state index in [1.165, 1.54) is 0 Å². The summed E-state index contributed by atoms with van der Waals surface area (Å²) in [5.41, 5.74) is 0. The van der Waals surface area contributed by atoms with Gasteiger partial charge in [0.2, 0.25) is 16.1 Å². The molecule has 1 rings (SSSR count). The van der Waals surface area contributed by atoms with Crippen molar-refractivity contribution >= 4 is 38.9 Å². The maximum absolute atomic E-state index is 11.1. The van der Waals surface area contributed by atoms with E-state index in [-0.39, 0.29) is 24.9 Å². The predicted octanol–water partition coefficient (Wildman–Crippen LogP) is 3.05. The van der Waals surface area contributed by atoms with Crippen LogP contribution in [0.25, 0.3) is 0 Å². The minimum Gasteiger partial charge on any atom is -0.427 e. The summed E-state index contributed by atoms with van der Waals surface area (Å²) in [6.45, 7) is 8.40. The third kappa shape index (κ3) is 3.00. The number of hydrogen-bond donors (Lipinski definition) is 0. The van der Waals surface area contributed by atoms with Crippen LogP contribution in [0.3, 0.4) is 0 Å². The average molecular weight is 281 g/mol. The molecule has 1 heterocycles. The highest BCUT2D eigenvalue weighted by Gasteiger charge is 2.35. The first kappa shape index (κ1) is 14.0. The van der Waals surface area contributed by atoms with Crippen LogP contribution in [0, 0.1) is 5.92 Å². The number of carbonyl (C=O) groups is 1. The quantitative estimate of drug-likeness (QED) is 0.587. The highest BCUT2D eigenvalue weighted by molar-refractivity contribution is 6.48. The molecular weight excluding hydrogens is 267 g/mol. The van der Waals surface area contributed by atoms with E-state index in [4.69, 9.17) is 32.4 Å². The lowest BCUT2D eigenvalue weighted by atomic mass is 9.99. The molecular formula is C10H14Cl2O3Si. The Balaban J connectivity index is 2.56. The van der Waals surface area contributed by atoms with Crippen molar-refractivity contribution in [3.63, 3.8) is 0 Å². The molecule has 1 unspecified atom stereocenters. The SMILES string of the molecule is CC(C)C(C)(C)[Si]OC1OC(=O)C(Cl)=C1Cl. The molecule has 3 nitrogen and oxygen atoms in total. The van der Waals surface area contributed by atoms with Crippen LogP contribution in [0.15, 0.2) is 10.1 Å². The van der Waals surface area contributed by atoms with Gasteiger partial charge in [0.05, 0.1) is 0 Å². The molecule has 90 valence electrons. The Labute approximate surface area is 108 Å². The van der Waals surface area contributed by atoms with Crippen molar-refractivity contribution < 1.29 is 14.0 Å². The Morgan fingerprint density at radius 3 is 2.38 bits per heavy atom. The van der Waals surface area contributed by atoms with Crippen LogP contribution in [0.2, 0.25) is 5.04 Å². The van der Waals surface area contributed by atoms with Crippen molar-refractivity contribution in [2.24, 2.45) is 5.92 Å². The molecule has 16 heavy (non-hydrogen) atoms. The molecule has 0 saturated carbocycles. The monoisotopic (exact) mass is 280 g/mol. The summed E-state index contributed by atoms with van der Waals surface area (Å²) in [4.78, 5) is 11.1. The number of cyclic esters (lactones) is 1. The van der Waals surface area contributed by atoms with E-state index < -0.39 is 12.3 Å². The van der Waals surface area contributed by atoms with Crippen LogP contribution < -0.4 is 0 Å².